The molecule has 0 aliphatic rings. The topological polar surface area (TPSA) is 24.9 Å². The Kier molecular flexibility index (Phi) is 4.02. The monoisotopic (exact) mass is 310 g/mol. The minimum absolute atomic E-state index is 0.728. The van der Waals surface area contributed by atoms with Crippen LogP contribution in [-0.4, -0.2) is 4.98 Å². The summed E-state index contributed by atoms with van der Waals surface area (Å²) in [6.45, 7) is 2.71. The normalized spacial score (nSPS) is 10.3. The zero-order valence-corrected chi connectivity index (χ0v) is 11.7. The lowest BCUT2D eigenvalue weighted by atomic mass is 10.2. The largest absolute Gasteiger partial charge is 0.380 e. The van der Waals surface area contributed by atoms with E-state index in [9.17, 15) is 0 Å². The van der Waals surface area contributed by atoms with Crippen molar-refractivity contribution in [2.45, 2.75) is 13.5 Å². The highest BCUT2D eigenvalue weighted by molar-refractivity contribution is 9.10. The summed E-state index contributed by atoms with van der Waals surface area (Å²) in [4.78, 5) is 4.07. The first-order valence-corrected chi connectivity index (χ1v) is 6.42. The van der Waals surface area contributed by atoms with Crippen LogP contribution in [-0.2, 0) is 6.54 Å². The van der Waals surface area contributed by atoms with Gasteiger partial charge in [-0.05, 0) is 52.2 Å². The van der Waals surface area contributed by atoms with Gasteiger partial charge in [-0.15, -0.1) is 0 Å². The molecule has 0 bridgehead atoms. The van der Waals surface area contributed by atoms with Crippen molar-refractivity contribution < 1.29 is 0 Å². The molecule has 0 amide bonds. The van der Waals surface area contributed by atoms with Crippen molar-refractivity contribution >= 4 is 33.2 Å². The first-order valence-electron chi connectivity index (χ1n) is 5.25. The van der Waals surface area contributed by atoms with E-state index in [4.69, 9.17) is 11.6 Å². The summed E-state index contributed by atoms with van der Waals surface area (Å²) in [5, 5.41) is 4.09. The lowest BCUT2D eigenvalue weighted by Crippen LogP contribution is -2.00. The molecule has 0 spiro atoms. The highest BCUT2D eigenvalue weighted by Crippen LogP contribution is 2.29. The Morgan fingerprint density at radius 3 is 2.94 bits per heavy atom. The third-order valence-corrected chi connectivity index (χ3v) is 3.52. The molecule has 0 aliphatic carbocycles. The van der Waals surface area contributed by atoms with Gasteiger partial charge in [0.05, 0.1) is 5.69 Å². The van der Waals surface area contributed by atoms with Crippen molar-refractivity contribution in [2.24, 2.45) is 0 Å². The minimum Gasteiger partial charge on any atom is -0.380 e. The van der Waals surface area contributed by atoms with Gasteiger partial charge >= 0.3 is 0 Å². The summed E-state index contributed by atoms with van der Waals surface area (Å²) in [5.74, 6) is 0. The van der Waals surface area contributed by atoms with Crippen LogP contribution in [0.4, 0.5) is 5.69 Å². The van der Waals surface area contributed by atoms with Crippen molar-refractivity contribution in [3.8, 4) is 0 Å². The number of pyridine rings is 1. The Labute approximate surface area is 114 Å². The molecule has 1 N–H and O–H groups in total. The van der Waals surface area contributed by atoms with E-state index in [0.717, 1.165) is 32.9 Å². The van der Waals surface area contributed by atoms with Crippen LogP contribution in [0.15, 0.2) is 41.1 Å². The fourth-order valence-corrected chi connectivity index (χ4v) is 2.24. The Balaban J connectivity index is 2.12. The second-order valence-corrected chi connectivity index (χ2v) is 5.06. The van der Waals surface area contributed by atoms with Gasteiger partial charge in [0.25, 0.3) is 0 Å². The number of hydrogen-bond acceptors (Lipinski definition) is 2. The third kappa shape index (κ3) is 3.20. The van der Waals surface area contributed by atoms with E-state index in [1.807, 2.05) is 37.4 Å². The second-order valence-electron chi connectivity index (χ2n) is 3.80. The maximum Gasteiger partial charge on any atom is 0.0502 e. The van der Waals surface area contributed by atoms with Crippen molar-refractivity contribution in [1.82, 2.24) is 4.98 Å². The molecule has 0 radical (unpaired) electrons. The summed E-state index contributed by atoms with van der Waals surface area (Å²) < 4.78 is 1.02. The maximum atomic E-state index is 6.09. The van der Waals surface area contributed by atoms with Crippen LogP contribution < -0.4 is 5.32 Å². The van der Waals surface area contributed by atoms with Gasteiger partial charge in [0, 0.05) is 28.4 Å². The second kappa shape index (κ2) is 5.52. The molecule has 0 unspecified atom stereocenters. The average Bonchev–Trinajstić information content (AvgIpc) is 2.33. The number of hydrogen-bond donors (Lipinski definition) is 1. The maximum absolute atomic E-state index is 6.09. The van der Waals surface area contributed by atoms with Gasteiger partial charge in [0.2, 0.25) is 0 Å². The molecular weight excluding hydrogens is 300 g/mol. The van der Waals surface area contributed by atoms with Crippen LogP contribution in [0.25, 0.3) is 0 Å². The summed E-state index contributed by atoms with van der Waals surface area (Å²) in [6, 6.07) is 7.89. The zero-order valence-electron chi connectivity index (χ0n) is 9.37. The van der Waals surface area contributed by atoms with Gasteiger partial charge in [-0.1, -0.05) is 17.7 Å². The van der Waals surface area contributed by atoms with Crippen molar-refractivity contribution in [3.05, 3.63) is 57.3 Å². The summed E-state index contributed by atoms with van der Waals surface area (Å²) in [5.41, 5.74) is 3.19. The van der Waals surface area contributed by atoms with Gasteiger partial charge < -0.3 is 5.32 Å². The number of rotatable bonds is 3. The Bertz CT molecular complexity index is 514. The molecule has 17 heavy (non-hydrogen) atoms. The molecule has 4 heteroatoms. The molecule has 0 atom stereocenters. The van der Waals surface area contributed by atoms with E-state index >= 15 is 0 Å². The molecule has 2 rings (SSSR count). The first kappa shape index (κ1) is 12.4. The van der Waals surface area contributed by atoms with Gasteiger partial charge in [-0.2, -0.15) is 0 Å². The number of anilines is 1. The van der Waals surface area contributed by atoms with Crippen molar-refractivity contribution in [3.63, 3.8) is 0 Å². The molecule has 1 aromatic heterocycles. The molecule has 2 nitrogen and oxygen atoms in total. The lowest BCUT2D eigenvalue weighted by molar-refractivity contribution is 1.11. The van der Waals surface area contributed by atoms with E-state index in [-0.39, 0.29) is 0 Å². The highest BCUT2D eigenvalue weighted by atomic mass is 79.9. The van der Waals surface area contributed by atoms with Gasteiger partial charge in [0.15, 0.2) is 0 Å². The quantitative estimate of drug-likeness (QED) is 0.907. The average molecular weight is 312 g/mol. The number of halogens is 2. The van der Waals surface area contributed by atoms with Crippen LogP contribution in [0.2, 0.25) is 5.02 Å². The highest BCUT2D eigenvalue weighted by Gasteiger charge is 2.03. The van der Waals surface area contributed by atoms with E-state index < -0.39 is 0 Å². The Hall–Kier alpha value is -1.06. The molecule has 1 heterocycles. The molecule has 1 aromatic carbocycles. The van der Waals surface area contributed by atoms with Crippen LogP contribution in [0.1, 0.15) is 11.1 Å². The van der Waals surface area contributed by atoms with Crippen molar-refractivity contribution in [1.29, 1.82) is 0 Å². The number of benzene rings is 1. The lowest BCUT2D eigenvalue weighted by Gasteiger charge is -2.10. The fourth-order valence-electron chi connectivity index (χ4n) is 1.48. The number of aromatic nitrogens is 1. The van der Waals surface area contributed by atoms with E-state index in [0.29, 0.717) is 0 Å². The number of aryl methyl sites for hydroxylation is 1. The Morgan fingerprint density at radius 2 is 2.24 bits per heavy atom. The van der Waals surface area contributed by atoms with Gasteiger partial charge in [-0.3, -0.25) is 4.98 Å². The third-order valence-electron chi connectivity index (χ3n) is 2.45. The number of nitrogens with zero attached hydrogens (tertiary/aromatic N) is 1. The summed E-state index contributed by atoms with van der Waals surface area (Å²) in [7, 11) is 0. The smallest absolute Gasteiger partial charge is 0.0502 e. The van der Waals surface area contributed by atoms with Crippen LogP contribution in [0.5, 0.6) is 0 Å². The van der Waals surface area contributed by atoms with Crippen LogP contribution >= 0.6 is 27.5 Å². The van der Waals surface area contributed by atoms with Gasteiger partial charge in [0.1, 0.15) is 0 Å². The SMILES string of the molecule is Cc1cc(Br)c(NCc2cccnc2)cc1Cl. The molecule has 2 aromatic rings. The van der Waals surface area contributed by atoms with Crippen LogP contribution in [0.3, 0.4) is 0 Å². The van der Waals surface area contributed by atoms with E-state index in [1.165, 1.54) is 0 Å². The molecule has 88 valence electrons. The fraction of sp³-hybridized carbons (Fsp3) is 0.154. The predicted octanol–water partition coefficient (Wildman–Crippen LogP) is 4.42. The molecular formula is C13H12BrClN2. The summed E-state index contributed by atoms with van der Waals surface area (Å²) in [6.07, 6.45) is 3.61. The standard InChI is InChI=1S/C13H12BrClN2/c1-9-5-11(14)13(6-12(9)15)17-8-10-3-2-4-16-7-10/h2-7,17H,8H2,1H3. The first-order chi connectivity index (χ1) is 8.16. The summed E-state index contributed by atoms with van der Waals surface area (Å²) >= 11 is 9.61. The minimum atomic E-state index is 0.728. The molecule has 0 saturated heterocycles. The zero-order chi connectivity index (χ0) is 12.3. The predicted molar refractivity (Wildman–Crippen MR) is 75.5 cm³/mol. The molecule has 0 aliphatic heterocycles. The van der Waals surface area contributed by atoms with Crippen molar-refractivity contribution in [2.75, 3.05) is 5.32 Å². The van der Waals surface area contributed by atoms with E-state index in [2.05, 4.69) is 26.2 Å². The van der Waals surface area contributed by atoms with Crippen LogP contribution in [0, 0.1) is 6.92 Å². The Morgan fingerprint density at radius 1 is 1.41 bits per heavy atom. The molecule has 0 saturated carbocycles. The van der Waals surface area contributed by atoms with E-state index in [1.54, 1.807) is 6.20 Å². The molecule has 0 fully saturated rings. The van der Waals surface area contributed by atoms with Gasteiger partial charge in [-0.25, -0.2) is 0 Å². The number of nitrogens with one attached hydrogen (secondary N) is 1.